The minimum absolute atomic E-state index is 0.216. The van der Waals surface area contributed by atoms with Gasteiger partial charge in [0.2, 0.25) is 0 Å². The van der Waals surface area contributed by atoms with Crippen LogP contribution in [0.3, 0.4) is 0 Å². The molecule has 0 saturated heterocycles. The molecule has 0 unspecified atom stereocenters. The summed E-state index contributed by atoms with van der Waals surface area (Å²) in [5.41, 5.74) is 0.930. The molecule has 1 fully saturated rings. The van der Waals surface area contributed by atoms with Gasteiger partial charge in [0.05, 0.1) is 13.0 Å². The van der Waals surface area contributed by atoms with Crippen molar-refractivity contribution in [2.24, 2.45) is 11.8 Å². The minimum Gasteiger partial charge on any atom is -0.469 e. The Morgan fingerprint density at radius 3 is 2.64 bits per heavy atom. The van der Waals surface area contributed by atoms with Crippen molar-refractivity contribution >= 4 is 12.1 Å². The molecule has 1 amide bonds. The lowest BCUT2D eigenvalue weighted by Gasteiger charge is -2.33. The molecule has 0 spiro atoms. The number of alkyl carbamates (subject to hydrolysis) is 1. The Hall–Kier alpha value is -2.04. The molecule has 1 saturated carbocycles. The molecule has 0 radical (unpaired) electrons. The number of amides is 1. The highest BCUT2D eigenvalue weighted by Crippen LogP contribution is 2.30. The monoisotopic (exact) mass is 305 g/mol. The molecule has 3 atom stereocenters. The van der Waals surface area contributed by atoms with Gasteiger partial charge in [0.15, 0.2) is 0 Å². The van der Waals surface area contributed by atoms with E-state index < -0.39 is 6.09 Å². The minimum atomic E-state index is -0.489. The first-order valence-corrected chi connectivity index (χ1v) is 7.65. The summed E-state index contributed by atoms with van der Waals surface area (Å²) in [6.45, 7) is 2.33. The van der Waals surface area contributed by atoms with E-state index in [9.17, 15) is 9.59 Å². The molecule has 120 valence electrons. The predicted molar refractivity (Wildman–Crippen MR) is 82.1 cm³/mol. The molecule has 5 nitrogen and oxygen atoms in total. The maximum absolute atomic E-state index is 11.9. The first kappa shape index (κ1) is 16.3. The van der Waals surface area contributed by atoms with Gasteiger partial charge in [0, 0.05) is 6.04 Å². The van der Waals surface area contributed by atoms with E-state index in [-0.39, 0.29) is 24.5 Å². The average molecular weight is 305 g/mol. The smallest absolute Gasteiger partial charge is 0.407 e. The number of hydrogen-bond donors (Lipinski definition) is 1. The van der Waals surface area contributed by atoms with Crippen molar-refractivity contribution in [2.45, 2.75) is 38.8 Å². The second kappa shape index (κ2) is 7.82. The van der Waals surface area contributed by atoms with Crippen LogP contribution < -0.4 is 5.32 Å². The van der Waals surface area contributed by atoms with E-state index in [1.807, 2.05) is 30.3 Å². The maximum Gasteiger partial charge on any atom is 0.407 e. The third-order valence-corrected chi connectivity index (χ3v) is 4.13. The highest BCUT2D eigenvalue weighted by atomic mass is 16.5. The third kappa shape index (κ3) is 4.48. The van der Waals surface area contributed by atoms with Gasteiger partial charge in [-0.3, -0.25) is 4.79 Å². The van der Waals surface area contributed by atoms with E-state index in [2.05, 4.69) is 12.2 Å². The molecule has 0 bridgehead atoms. The van der Waals surface area contributed by atoms with Crippen molar-refractivity contribution in [3.63, 3.8) is 0 Å². The van der Waals surface area contributed by atoms with Gasteiger partial charge in [0.1, 0.15) is 6.61 Å². The maximum atomic E-state index is 11.9. The van der Waals surface area contributed by atoms with Crippen molar-refractivity contribution in [3.8, 4) is 0 Å². The van der Waals surface area contributed by atoms with Gasteiger partial charge in [0.25, 0.3) is 0 Å². The van der Waals surface area contributed by atoms with Crippen LogP contribution >= 0.6 is 0 Å². The van der Waals surface area contributed by atoms with Crippen molar-refractivity contribution in [3.05, 3.63) is 35.9 Å². The standard InChI is InChI=1S/C17H23NO4/c1-12-8-9-15(14(10-12)16(19)21-2)18-17(20)22-11-13-6-4-3-5-7-13/h3-7,12,14-15H,8-11H2,1-2H3,(H,18,20)/t12-,14-,15-/m1/s1. The lowest BCUT2D eigenvalue weighted by atomic mass is 9.79. The molecule has 5 heteroatoms. The fraction of sp³-hybridized carbons (Fsp3) is 0.529. The van der Waals surface area contributed by atoms with Crippen LogP contribution in [0.25, 0.3) is 0 Å². The molecule has 22 heavy (non-hydrogen) atoms. The molecular weight excluding hydrogens is 282 g/mol. The fourth-order valence-electron chi connectivity index (χ4n) is 2.88. The second-order valence-corrected chi connectivity index (χ2v) is 5.86. The third-order valence-electron chi connectivity index (χ3n) is 4.13. The zero-order valence-corrected chi connectivity index (χ0v) is 13.1. The molecule has 1 aliphatic rings. The number of methoxy groups -OCH3 is 1. The van der Waals surface area contributed by atoms with Gasteiger partial charge in [-0.1, -0.05) is 37.3 Å². The van der Waals surface area contributed by atoms with Gasteiger partial charge >= 0.3 is 12.1 Å². The Kier molecular flexibility index (Phi) is 5.81. The number of esters is 1. The van der Waals surface area contributed by atoms with E-state index in [4.69, 9.17) is 9.47 Å². The number of rotatable bonds is 4. The number of ether oxygens (including phenoxy) is 2. The zero-order chi connectivity index (χ0) is 15.9. The van der Waals surface area contributed by atoms with Crippen molar-refractivity contribution in [1.82, 2.24) is 5.32 Å². The van der Waals surface area contributed by atoms with Crippen molar-refractivity contribution in [2.75, 3.05) is 7.11 Å². The lowest BCUT2D eigenvalue weighted by molar-refractivity contribution is -0.148. The number of hydrogen-bond acceptors (Lipinski definition) is 4. The van der Waals surface area contributed by atoms with Gasteiger partial charge in [-0.15, -0.1) is 0 Å². The van der Waals surface area contributed by atoms with E-state index in [1.165, 1.54) is 7.11 Å². The highest BCUT2D eigenvalue weighted by Gasteiger charge is 2.35. The van der Waals surface area contributed by atoms with Crippen LogP contribution in [0.2, 0.25) is 0 Å². The van der Waals surface area contributed by atoms with Crippen molar-refractivity contribution < 1.29 is 19.1 Å². The normalized spacial score (nSPS) is 24.4. The van der Waals surface area contributed by atoms with Crippen LogP contribution in [0.4, 0.5) is 4.79 Å². The first-order chi connectivity index (χ1) is 10.6. The first-order valence-electron chi connectivity index (χ1n) is 7.65. The summed E-state index contributed by atoms with van der Waals surface area (Å²) >= 11 is 0. The summed E-state index contributed by atoms with van der Waals surface area (Å²) in [6, 6.07) is 9.28. The summed E-state index contributed by atoms with van der Waals surface area (Å²) in [5.74, 6) is -0.0968. The van der Waals surface area contributed by atoms with E-state index in [1.54, 1.807) is 0 Å². The largest absolute Gasteiger partial charge is 0.469 e. The molecule has 2 rings (SSSR count). The molecule has 1 aliphatic carbocycles. The predicted octanol–water partition coefficient (Wildman–Crippen LogP) is 2.89. The Morgan fingerprint density at radius 1 is 1.23 bits per heavy atom. The molecule has 1 aromatic carbocycles. The molecule has 0 aromatic heterocycles. The van der Waals surface area contributed by atoms with Crippen LogP contribution in [0.5, 0.6) is 0 Å². The quantitative estimate of drug-likeness (QED) is 0.869. The van der Waals surface area contributed by atoms with Crippen LogP contribution in [-0.4, -0.2) is 25.2 Å². The number of carbonyl (C=O) groups is 2. The van der Waals surface area contributed by atoms with Crippen LogP contribution in [-0.2, 0) is 20.9 Å². The average Bonchev–Trinajstić information content (AvgIpc) is 2.55. The Labute approximate surface area is 131 Å². The summed E-state index contributed by atoms with van der Waals surface area (Å²) in [6.07, 6.45) is 1.99. The summed E-state index contributed by atoms with van der Waals surface area (Å²) < 4.78 is 10.1. The SMILES string of the molecule is COC(=O)[C@@H]1C[C@H](C)CC[C@H]1NC(=O)OCc1ccccc1. The van der Waals surface area contributed by atoms with Crippen LogP contribution in [0.15, 0.2) is 30.3 Å². The highest BCUT2D eigenvalue weighted by molar-refractivity contribution is 5.75. The molecule has 1 N–H and O–H groups in total. The summed E-state index contributed by atoms with van der Waals surface area (Å²) in [7, 11) is 1.38. The lowest BCUT2D eigenvalue weighted by Crippen LogP contribution is -2.46. The van der Waals surface area contributed by atoms with Gasteiger partial charge in [-0.05, 0) is 30.7 Å². The zero-order valence-electron chi connectivity index (χ0n) is 13.1. The molecule has 1 aromatic rings. The van der Waals surface area contributed by atoms with Gasteiger partial charge in [-0.25, -0.2) is 4.79 Å². The van der Waals surface area contributed by atoms with Gasteiger partial charge in [-0.2, -0.15) is 0 Å². The molecule has 0 aliphatic heterocycles. The Balaban J connectivity index is 1.87. The molecule has 0 heterocycles. The Morgan fingerprint density at radius 2 is 1.95 bits per heavy atom. The Bertz CT molecular complexity index is 503. The molecular formula is C17H23NO4. The van der Waals surface area contributed by atoms with E-state index in [0.717, 1.165) is 24.8 Å². The van der Waals surface area contributed by atoms with Crippen molar-refractivity contribution in [1.29, 1.82) is 0 Å². The van der Waals surface area contributed by atoms with Crippen LogP contribution in [0, 0.1) is 11.8 Å². The van der Waals surface area contributed by atoms with E-state index in [0.29, 0.717) is 5.92 Å². The number of carbonyl (C=O) groups excluding carboxylic acids is 2. The topological polar surface area (TPSA) is 64.6 Å². The number of benzene rings is 1. The van der Waals surface area contributed by atoms with Crippen LogP contribution in [0.1, 0.15) is 31.7 Å². The summed E-state index contributed by atoms with van der Waals surface area (Å²) in [4.78, 5) is 23.8. The second-order valence-electron chi connectivity index (χ2n) is 5.86. The van der Waals surface area contributed by atoms with E-state index >= 15 is 0 Å². The van der Waals surface area contributed by atoms with Gasteiger partial charge < -0.3 is 14.8 Å². The summed E-state index contributed by atoms with van der Waals surface area (Å²) in [5, 5.41) is 2.81. The number of nitrogens with one attached hydrogen (secondary N) is 1. The fourth-order valence-corrected chi connectivity index (χ4v) is 2.88.